The molecule has 1 heterocycles. The Labute approximate surface area is 148 Å². The van der Waals surface area contributed by atoms with Gasteiger partial charge in [0.2, 0.25) is 0 Å². The highest BCUT2D eigenvalue weighted by atomic mass is 32.2. The first kappa shape index (κ1) is 18.0. The zero-order valence-electron chi connectivity index (χ0n) is 14.2. The first-order valence-corrected chi connectivity index (χ1v) is 10.1. The number of fused-ring (bicyclic) bond motifs is 1. The second kappa shape index (κ2) is 7.19. The summed E-state index contributed by atoms with van der Waals surface area (Å²) in [5.74, 6) is -0.115. The minimum Gasteiger partial charge on any atom is -0.423 e. The summed E-state index contributed by atoms with van der Waals surface area (Å²) in [5.41, 5.74) is 9.36. The topological polar surface area (TPSA) is 89.6 Å². The number of hydrogen-bond acceptors (Lipinski definition) is 5. The van der Waals surface area contributed by atoms with Crippen molar-refractivity contribution in [1.82, 2.24) is 0 Å². The van der Waals surface area contributed by atoms with Crippen LogP contribution in [0, 0.1) is 0 Å². The molecule has 132 valence electrons. The molecule has 0 spiro atoms. The van der Waals surface area contributed by atoms with Gasteiger partial charge < -0.3 is 15.4 Å². The molecule has 2 aromatic carbocycles. The fourth-order valence-corrected chi connectivity index (χ4v) is 4.73. The minimum atomic E-state index is -3.50. The standard InChI is InChI=1S/C18H22BNO4S/c1-2-3-4-14-10-16(20)7-8-18(14)25(22,23)12-13-5-6-15-11-24-19(21)17(15)9-13/h5-10,21H,2-4,11-12,20H2,1H3. The van der Waals surface area contributed by atoms with Crippen LogP contribution >= 0.6 is 0 Å². The van der Waals surface area contributed by atoms with Gasteiger partial charge in [0.15, 0.2) is 9.84 Å². The molecule has 7 heteroatoms. The van der Waals surface area contributed by atoms with Gasteiger partial charge in [-0.2, -0.15) is 0 Å². The summed E-state index contributed by atoms with van der Waals surface area (Å²) in [7, 11) is -4.48. The van der Waals surface area contributed by atoms with Gasteiger partial charge in [-0.3, -0.25) is 0 Å². The van der Waals surface area contributed by atoms with Crippen LogP contribution in [0.1, 0.15) is 36.5 Å². The molecular formula is C18H22BNO4S. The summed E-state index contributed by atoms with van der Waals surface area (Å²) in [4.78, 5) is 0.340. The molecule has 0 atom stereocenters. The average Bonchev–Trinajstić information content (AvgIpc) is 2.93. The maximum atomic E-state index is 12.9. The van der Waals surface area contributed by atoms with Crippen LogP contribution in [0.15, 0.2) is 41.3 Å². The summed E-state index contributed by atoms with van der Waals surface area (Å²) in [5, 5.41) is 9.81. The predicted molar refractivity (Wildman–Crippen MR) is 99.2 cm³/mol. The molecule has 1 aliphatic heterocycles. The third-order valence-corrected chi connectivity index (χ3v) is 6.23. The molecule has 0 saturated carbocycles. The monoisotopic (exact) mass is 359 g/mol. The van der Waals surface area contributed by atoms with Gasteiger partial charge in [-0.1, -0.05) is 31.5 Å². The zero-order chi connectivity index (χ0) is 18.0. The molecule has 0 amide bonds. The van der Waals surface area contributed by atoms with E-state index in [0.717, 1.165) is 24.0 Å². The van der Waals surface area contributed by atoms with E-state index in [0.29, 0.717) is 34.6 Å². The van der Waals surface area contributed by atoms with Crippen LogP contribution in [0.5, 0.6) is 0 Å². The molecule has 3 rings (SSSR count). The lowest BCUT2D eigenvalue weighted by Crippen LogP contribution is -2.28. The SMILES string of the molecule is CCCCc1cc(N)ccc1S(=O)(=O)Cc1ccc2c(c1)B(O)OC2. The zero-order valence-corrected chi connectivity index (χ0v) is 15.1. The van der Waals surface area contributed by atoms with Gasteiger partial charge in [-0.05, 0) is 53.2 Å². The smallest absolute Gasteiger partial charge is 0.423 e. The number of nitrogens with two attached hydrogens (primary N) is 1. The van der Waals surface area contributed by atoms with Crippen LogP contribution in [0.2, 0.25) is 0 Å². The van der Waals surface area contributed by atoms with E-state index in [1.165, 1.54) is 0 Å². The van der Waals surface area contributed by atoms with E-state index in [-0.39, 0.29) is 5.75 Å². The lowest BCUT2D eigenvalue weighted by molar-refractivity contribution is 0.275. The van der Waals surface area contributed by atoms with E-state index in [2.05, 4.69) is 6.92 Å². The number of sulfone groups is 1. The number of anilines is 1. The van der Waals surface area contributed by atoms with Crippen molar-refractivity contribution >= 4 is 28.1 Å². The summed E-state index contributed by atoms with van der Waals surface area (Å²) >= 11 is 0. The summed E-state index contributed by atoms with van der Waals surface area (Å²) < 4.78 is 31.0. The second-order valence-corrected chi connectivity index (χ2v) is 8.38. The van der Waals surface area contributed by atoms with Crippen molar-refractivity contribution in [3.05, 3.63) is 53.1 Å². The third-order valence-electron chi connectivity index (χ3n) is 4.45. The van der Waals surface area contributed by atoms with E-state index < -0.39 is 17.0 Å². The molecule has 0 radical (unpaired) electrons. The third kappa shape index (κ3) is 3.89. The number of aryl methyl sites for hydroxylation is 1. The highest BCUT2D eigenvalue weighted by molar-refractivity contribution is 7.90. The molecular weight excluding hydrogens is 337 g/mol. The number of unbranched alkanes of at least 4 members (excludes halogenated alkanes) is 1. The van der Waals surface area contributed by atoms with Crippen molar-refractivity contribution in [1.29, 1.82) is 0 Å². The minimum absolute atomic E-state index is 0.115. The molecule has 0 aromatic heterocycles. The molecule has 5 nitrogen and oxygen atoms in total. The Morgan fingerprint density at radius 2 is 2.04 bits per heavy atom. The Morgan fingerprint density at radius 3 is 2.80 bits per heavy atom. The fourth-order valence-electron chi connectivity index (χ4n) is 3.12. The van der Waals surface area contributed by atoms with Crippen LogP contribution in [-0.2, 0) is 33.3 Å². The van der Waals surface area contributed by atoms with Crippen LogP contribution in [0.3, 0.4) is 0 Å². The van der Waals surface area contributed by atoms with Crippen LogP contribution in [0.25, 0.3) is 0 Å². The Kier molecular flexibility index (Phi) is 5.17. The van der Waals surface area contributed by atoms with Crippen LogP contribution in [0.4, 0.5) is 5.69 Å². The quantitative estimate of drug-likeness (QED) is 0.606. The van der Waals surface area contributed by atoms with Gasteiger partial charge in [0, 0.05) is 5.69 Å². The van der Waals surface area contributed by atoms with E-state index >= 15 is 0 Å². The summed E-state index contributed by atoms with van der Waals surface area (Å²) in [6.45, 7) is 2.42. The van der Waals surface area contributed by atoms with Gasteiger partial charge >= 0.3 is 7.12 Å². The predicted octanol–water partition coefficient (Wildman–Crippen LogP) is 1.80. The molecule has 0 bridgehead atoms. The van der Waals surface area contributed by atoms with Crippen molar-refractivity contribution in [2.24, 2.45) is 0 Å². The molecule has 3 N–H and O–H groups in total. The Bertz CT molecular complexity index is 883. The Hall–Kier alpha value is -1.83. The first-order chi connectivity index (χ1) is 11.9. The lowest BCUT2D eigenvalue weighted by atomic mass is 9.79. The fraction of sp³-hybridized carbons (Fsp3) is 0.333. The highest BCUT2D eigenvalue weighted by Crippen LogP contribution is 2.25. The number of rotatable bonds is 6. The number of benzene rings is 2. The van der Waals surface area contributed by atoms with E-state index in [1.54, 1.807) is 30.3 Å². The summed E-state index contributed by atoms with van der Waals surface area (Å²) in [6.07, 6.45) is 2.58. The largest absolute Gasteiger partial charge is 0.491 e. The highest BCUT2D eigenvalue weighted by Gasteiger charge is 2.28. The van der Waals surface area contributed by atoms with Crippen molar-refractivity contribution in [2.45, 2.75) is 43.4 Å². The normalized spacial score (nSPS) is 13.9. The average molecular weight is 359 g/mol. The van der Waals surface area contributed by atoms with Gasteiger partial charge in [-0.15, -0.1) is 0 Å². The molecule has 0 saturated heterocycles. The molecule has 2 aromatic rings. The van der Waals surface area contributed by atoms with Gasteiger partial charge in [0.05, 0.1) is 17.3 Å². The van der Waals surface area contributed by atoms with Crippen molar-refractivity contribution in [2.75, 3.05) is 5.73 Å². The van der Waals surface area contributed by atoms with Gasteiger partial charge in [0.1, 0.15) is 0 Å². The lowest BCUT2D eigenvalue weighted by Gasteiger charge is -2.12. The first-order valence-electron chi connectivity index (χ1n) is 8.43. The maximum Gasteiger partial charge on any atom is 0.491 e. The molecule has 25 heavy (non-hydrogen) atoms. The molecule has 0 unspecified atom stereocenters. The van der Waals surface area contributed by atoms with Crippen LogP contribution in [-0.4, -0.2) is 20.6 Å². The number of nitrogen functional groups attached to an aromatic ring is 1. The van der Waals surface area contributed by atoms with Crippen molar-refractivity contribution in [3.63, 3.8) is 0 Å². The maximum absolute atomic E-state index is 12.9. The van der Waals surface area contributed by atoms with Crippen molar-refractivity contribution in [3.8, 4) is 0 Å². The van der Waals surface area contributed by atoms with Gasteiger partial charge in [-0.25, -0.2) is 8.42 Å². The number of hydrogen-bond donors (Lipinski definition) is 2. The van der Waals surface area contributed by atoms with Crippen molar-refractivity contribution < 1.29 is 18.1 Å². The second-order valence-electron chi connectivity index (χ2n) is 6.43. The van der Waals surface area contributed by atoms with Gasteiger partial charge in [0.25, 0.3) is 0 Å². The molecule has 0 aliphatic carbocycles. The summed E-state index contributed by atoms with van der Waals surface area (Å²) in [6, 6.07) is 10.3. The van der Waals surface area contributed by atoms with E-state index in [9.17, 15) is 13.4 Å². The Balaban J connectivity index is 1.91. The van der Waals surface area contributed by atoms with Crippen LogP contribution < -0.4 is 11.2 Å². The molecule has 1 aliphatic rings. The van der Waals surface area contributed by atoms with E-state index in [1.807, 2.05) is 6.07 Å². The molecule has 0 fully saturated rings. The van der Waals surface area contributed by atoms with E-state index in [4.69, 9.17) is 10.4 Å². The Morgan fingerprint density at radius 1 is 1.24 bits per heavy atom.